The SMILES string of the molecule is COc1ccc2c(O[C@@H]3C[C@H]4C(=O)N[C@]5(C(=O)NS(=O)(=O)C6(C)CC6)C[C@H]5/C=C\CC[C@H](C)C[C@@H](C)[C@H](NC(=O)O)C(=O)N4C3)nc(-c3ccc(OC(C)C)nc3)cc2c1. The Morgan fingerprint density at radius 2 is 1.85 bits per heavy atom. The van der Waals surface area contributed by atoms with Crippen molar-refractivity contribution in [3.05, 3.63) is 54.7 Å². The molecule has 3 fully saturated rings. The van der Waals surface area contributed by atoms with Gasteiger partial charge in [0.05, 0.1) is 30.2 Å². The van der Waals surface area contributed by atoms with Crippen LogP contribution in [0, 0.1) is 17.8 Å². The number of sulfonamides is 1. The monoisotopic (exact) mass is 846 g/mol. The number of pyridine rings is 2. The summed E-state index contributed by atoms with van der Waals surface area (Å²) in [7, 11) is -2.47. The highest BCUT2D eigenvalue weighted by Gasteiger charge is 2.63. The standard InChI is InChI=1S/C43H54N6O10S/c1-24(2)58-35-14-11-27(22-44-35)33-19-28-18-30(57-6)12-13-32(28)38(45-33)59-31-20-34-37(50)47-43(40(52)48-60(55,56)42(5)15-16-42)21-29(43)10-8-7-9-25(3)17-26(4)36(46-41(53)54)39(51)49(34)23-31/h8,10-14,18-19,22,24-26,29,31,34,36,46H,7,9,15-17,20-21,23H2,1-6H3,(H,47,50)(H,48,52)(H,53,54)/b10-8-/t25-,26+,29+,31+,34-,36-,43+/m0/s1. The number of rotatable bonds is 10. The van der Waals surface area contributed by atoms with E-state index in [1.54, 1.807) is 38.4 Å². The first-order valence-electron chi connectivity index (χ1n) is 20.6. The van der Waals surface area contributed by atoms with Crippen molar-refractivity contribution in [2.24, 2.45) is 17.8 Å². The number of methoxy groups -OCH3 is 1. The second kappa shape index (κ2) is 16.5. The van der Waals surface area contributed by atoms with Gasteiger partial charge in [0, 0.05) is 35.6 Å². The zero-order valence-electron chi connectivity index (χ0n) is 34.8. The van der Waals surface area contributed by atoms with Crippen molar-refractivity contribution in [3.8, 4) is 28.8 Å². The Hall–Kier alpha value is -5.45. The summed E-state index contributed by atoms with van der Waals surface area (Å²) in [5.74, 6) is -1.69. The quantitative estimate of drug-likeness (QED) is 0.199. The molecule has 4 aliphatic rings. The number of aromatic nitrogens is 2. The topological polar surface area (TPSA) is 215 Å². The van der Waals surface area contributed by atoms with E-state index in [1.165, 1.54) is 4.90 Å². The predicted molar refractivity (Wildman–Crippen MR) is 222 cm³/mol. The minimum atomic E-state index is -4.03. The summed E-state index contributed by atoms with van der Waals surface area (Å²) in [4.78, 5) is 66.0. The molecule has 17 heteroatoms. The Balaban J connectivity index is 1.24. The maximum absolute atomic E-state index is 14.6. The number of hydrogen-bond acceptors (Lipinski definition) is 11. The van der Waals surface area contributed by atoms with Crippen LogP contribution in [0.25, 0.3) is 22.0 Å². The van der Waals surface area contributed by atoms with Crippen LogP contribution in [-0.2, 0) is 24.4 Å². The Morgan fingerprint density at radius 3 is 2.52 bits per heavy atom. The molecule has 16 nitrogen and oxygen atoms in total. The number of benzene rings is 1. The van der Waals surface area contributed by atoms with Crippen molar-refractivity contribution < 1.29 is 46.9 Å². The number of hydrogen-bond donors (Lipinski definition) is 4. The number of nitrogens with one attached hydrogen (secondary N) is 3. The van der Waals surface area contributed by atoms with Crippen LogP contribution in [-0.4, -0.2) is 100 Å². The first-order chi connectivity index (χ1) is 28.4. The van der Waals surface area contributed by atoms with E-state index in [2.05, 4.69) is 20.3 Å². The molecule has 0 spiro atoms. The third-order valence-electron chi connectivity index (χ3n) is 12.2. The largest absolute Gasteiger partial charge is 0.497 e. The van der Waals surface area contributed by atoms with Crippen molar-refractivity contribution in [2.45, 2.75) is 114 Å². The fraction of sp³-hybridized carbons (Fsp3) is 0.535. The highest BCUT2D eigenvalue weighted by atomic mass is 32.2. The molecular formula is C43H54N6O10S. The smallest absolute Gasteiger partial charge is 0.405 e. The summed E-state index contributed by atoms with van der Waals surface area (Å²) in [5.41, 5.74) is -0.373. The highest BCUT2D eigenvalue weighted by molar-refractivity contribution is 7.91. The number of ether oxygens (including phenoxy) is 3. The van der Waals surface area contributed by atoms with Crippen molar-refractivity contribution in [1.29, 1.82) is 0 Å². The van der Waals surface area contributed by atoms with Crippen LogP contribution >= 0.6 is 0 Å². The first-order valence-corrected chi connectivity index (χ1v) is 22.0. The molecule has 4 amide bonds. The van der Waals surface area contributed by atoms with Gasteiger partial charge in [0.1, 0.15) is 29.5 Å². The molecule has 0 bridgehead atoms. The van der Waals surface area contributed by atoms with Crippen LogP contribution in [0.2, 0.25) is 0 Å². The Labute approximate surface area is 349 Å². The molecule has 4 heterocycles. The molecule has 4 N–H and O–H groups in total. The molecule has 0 unspecified atom stereocenters. The summed E-state index contributed by atoms with van der Waals surface area (Å²) in [6.45, 7) is 9.12. The maximum atomic E-state index is 14.6. The normalized spacial score (nSPS) is 28.3. The summed E-state index contributed by atoms with van der Waals surface area (Å²) >= 11 is 0. The summed E-state index contributed by atoms with van der Waals surface area (Å²) in [6, 6.07) is 8.46. The Morgan fingerprint density at radius 1 is 1.08 bits per heavy atom. The van der Waals surface area contributed by atoms with Gasteiger partial charge >= 0.3 is 6.09 Å². The van der Waals surface area contributed by atoms with Gasteiger partial charge in [-0.2, -0.15) is 0 Å². The lowest BCUT2D eigenvalue weighted by atomic mass is 9.88. The van der Waals surface area contributed by atoms with Gasteiger partial charge in [-0.25, -0.2) is 23.2 Å². The van der Waals surface area contributed by atoms with Crippen LogP contribution in [0.1, 0.15) is 79.6 Å². The van der Waals surface area contributed by atoms with Crippen molar-refractivity contribution in [3.63, 3.8) is 0 Å². The lowest BCUT2D eigenvalue weighted by Gasteiger charge is -2.32. The molecule has 1 saturated heterocycles. The predicted octanol–water partition coefficient (Wildman–Crippen LogP) is 4.96. The zero-order valence-corrected chi connectivity index (χ0v) is 35.6. The number of amides is 4. The first kappa shape index (κ1) is 42.7. The molecule has 2 aromatic heterocycles. The van der Waals surface area contributed by atoms with Gasteiger partial charge in [0.2, 0.25) is 33.6 Å². The molecule has 7 atom stereocenters. The van der Waals surface area contributed by atoms with Gasteiger partial charge in [-0.1, -0.05) is 26.0 Å². The summed E-state index contributed by atoms with van der Waals surface area (Å²) in [6.07, 6.45) is 5.99. The summed E-state index contributed by atoms with van der Waals surface area (Å²) in [5, 5.41) is 16.6. The van der Waals surface area contributed by atoms with Gasteiger partial charge in [-0.15, -0.1) is 0 Å². The molecule has 7 rings (SSSR count). The molecule has 1 aromatic carbocycles. The molecule has 2 aliphatic carbocycles. The van der Waals surface area contributed by atoms with Gasteiger partial charge in [-0.3, -0.25) is 19.1 Å². The van der Waals surface area contributed by atoms with Crippen LogP contribution < -0.4 is 29.6 Å². The number of nitrogens with zero attached hydrogens (tertiary/aromatic N) is 3. The lowest BCUT2D eigenvalue weighted by Crippen LogP contribution is -2.59. The number of carbonyl (C=O) groups excluding carboxylic acids is 3. The molecule has 3 aromatic rings. The molecule has 2 aliphatic heterocycles. The molecule has 322 valence electrons. The second-order valence-corrected chi connectivity index (χ2v) is 19.5. The molecule has 2 saturated carbocycles. The average Bonchev–Trinajstić information content (AvgIpc) is 4.08. The van der Waals surface area contributed by atoms with E-state index >= 15 is 0 Å². The number of fused-ring (bicyclic) bond motifs is 3. The molecule has 0 radical (unpaired) electrons. The number of allylic oxidation sites excluding steroid dienone is 1. The summed E-state index contributed by atoms with van der Waals surface area (Å²) < 4.78 is 45.5. The van der Waals surface area contributed by atoms with Gasteiger partial charge in [0.25, 0.3) is 5.91 Å². The zero-order chi connectivity index (χ0) is 43.1. The fourth-order valence-electron chi connectivity index (χ4n) is 8.30. The van der Waals surface area contributed by atoms with E-state index < -0.39 is 74.1 Å². The maximum Gasteiger partial charge on any atom is 0.405 e. The van der Waals surface area contributed by atoms with E-state index in [-0.39, 0.29) is 37.3 Å². The minimum Gasteiger partial charge on any atom is -0.497 e. The van der Waals surface area contributed by atoms with Crippen LogP contribution in [0.15, 0.2) is 54.7 Å². The highest BCUT2D eigenvalue weighted by Crippen LogP contribution is 2.48. The molecule has 60 heavy (non-hydrogen) atoms. The third-order valence-corrected chi connectivity index (χ3v) is 14.4. The van der Waals surface area contributed by atoms with Gasteiger partial charge in [0.15, 0.2) is 0 Å². The number of carboxylic acid groups (broad SMARTS) is 1. The average molecular weight is 847 g/mol. The fourth-order valence-corrected chi connectivity index (χ4v) is 9.61. The van der Waals surface area contributed by atoms with Gasteiger partial charge < -0.3 is 34.9 Å². The second-order valence-electron chi connectivity index (χ2n) is 17.3. The molecular weight excluding hydrogens is 793 g/mol. The van der Waals surface area contributed by atoms with Crippen molar-refractivity contribution >= 4 is 44.6 Å². The van der Waals surface area contributed by atoms with Crippen LogP contribution in [0.3, 0.4) is 0 Å². The van der Waals surface area contributed by atoms with Crippen molar-refractivity contribution in [1.82, 2.24) is 30.2 Å². The third kappa shape index (κ3) is 8.86. The number of carbonyl (C=O) groups is 4. The van der Waals surface area contributed by atoms with Crippen molar-refractivity contribution in [2.75, 3.05) is 13.7 Å². The van der Waals surface area contributed by atoms with E-state index in [1.807, 2.05) is 58.0 Å². The van der Waals surface area contributed by atoms with E-state index in [0.29, 0.717) is 54.0 Å². The Kier molecular flexibility index (Phi) is 11.8. The van der Waals surface area contributed by atoms with Gasteiger partial charge in [-0.05, 0) is 107 Å². The van der Waals surface area contributed by atoms with Crippen LogP contribution in [0.5, 0.6) is 17.5 Å². The minimum absolute atomic E-state index is 0.0386. The van der Waals surface area contributed by atoms with E-state index in [9.17, 15) is 32.7 Å². The van der Waals surface area contributed by atoms with Crippen LogP contribution in [0.4, 0.5) is 4.79 Å². The van der Waals surface area contributed by atoms with E-state index in [0.717, 1.165) is 11.8 Å². The Bertz CT molecular complexity index is 2300. The van der Waals surface area contributed by atoms with E-state index in [4.69, 9.17) is 19.2 Å². The lowest BCUT2D eigenvalue weighted by molar-refractivity contribution is -0.142.